The Bertz CT molecular complexity index is 1200. The first-order valence-corrected chi connectivity index (χ1v) is 11.0. The van der Waals surface area contributed by atoms with Gasteiger partial charge in [-0.3, -0.25) is 14.4 Å². The molecule has 0 aliphatic carbocycles. The molecular formula is C25H20BrFN2O4. The van der Waals surface area contributed by atoms with E-state index in [1.807, 2.05) is 0 Å². The number of halogens is 2. The van der Waals surface area contributed by atoms with Gasteiger partial charge in [-0.1, -0.05) is 34.1 Å². The molecule has 1 heterocycles. The number of ether oxygens (including phenoxy) is 1. The third kappa shape index (κ3) is 4.80. The lowest BCUT2D eigenvalue weighted by atomic mass is 10.1. The van der Waals surface area contributed by atoms with E-state index in [-0.39, 0.29) is 13.0 Å². The maximum absolute atomic E-state index is 13.5. The average Bonchev–Trinajstić information content (AvgIpc) is 3.12. The van der Waals surface area contributed by atoms with Crippen LogP contribution in [-0.4, -0.2) is 35.8 Å². The fourth-order valence-corrected chi connectivity index (χ4v) is 4.02. The summed E-state index contributed by atoms with van der Waals surface area (Å²) in [5.41, 5.74) is 1.39. The van der Waals surface area contributed by atoms with Crippen molar-refractivity contribution >= 4 is 39.3 Å². The lowest BCUT2D eigenvalue weighted by Gasteiger charge is -2.28. The van der Waals surface area contributed by atoms with Crippen molar-refractivity contribution in [2.45, 2.75) is 19.0 Å². The minimum Gasteiger partial charge on any atom is -0.497 e. The number of carbonyl (C=O) groups is 3. The van der Waals surface area contributed by atoms with E-state index in [0.29, 0.717) is 22.6 Å². The van der Waals surface area contributed by atoms with Crippen LogP contribution in [0.4, 0.5) is 10.1 Å². The van der Waals surface area contributed by atoms with Gasteiger partial charge in [0.25, 0.3) is 11.8 Å². The Morgan fingerprint density at radius 1 is 1.09 bits per heavy atom. The number of hydrogen-bond donors (Lipinski definition) is 0. The van der Waals surface area contributed by atoms with Crippen LogP contribution in [-0.2, 0) is 16.1 Å². The number of rotatable bonds is 6. The summed E-state index contributed by atoms with van der Waals surface area (Å²) in [5, 5.41) is 0. The molecule has 0 radical (unpaired) electrons. The first-order chi connectivity index (χ1) is 15.9. The molecule has 1 unspecified atom stereocenters. The zero-order chi connectivity index (χ0) is 23.5. The van der Waals surface area contributed by atoms with Gasteiger partial charge in [-0.2, -0.15) is 0 Å². The topological polar surface area (TPSA) is 66.9 Å². The van der Waals surface area contributed by atoms with E-state index in [1.54, 1.807) is 60.7 Å². The van der Waals surface area contributed by atoms with E-state index >= 15 is 0 Å². The van der Waals surface area contributed by atoms with Crippen LogP contribution in [0, 0.1) is 5.82 Å². The molecule has 0 saturated carbocycles. The molecular weight excluding hydrogens is 491 g/mol. The van der Waals surface area contributed by atoms with Gasteiger partial charge in [0.15, 0.2) is 0 Å². The van der Waals surface area contributed by atoms with Crippen molar-refractivity contribution in [1.82, 2.24) is 4.90 Å². The highest BCUT2D eigenvalue weighted by molar-refractivity contribution is 9.10. The van der Waals surface area contributed by atoms with Crippen LogP contribution in [0.25, 0.3) is 0 Å². The number of amides is 3. The first-order valence-electron chi connectivity index (χ1n) is 10.2. The fraction of sp³-hybridized carbons (Fsp3) is 0.160. The summed E-state index contributed by atoms with van der Waals surface area (Å²) in [6, 6.07) is 18.1. The predicted molar refractivity (Wildman–Crippen MR) is 124 cm³/mol. The molecule has 4 rings (SSSR count). The fourth-order valence-electron chi connectivity index (χ4n) is 3.75. The minimum absolute atomic E-state index is 0.0359. The molecule has 1 atom stereocenters. The van der Waals surface area contributed by atoms with Crippen LogP contribution < -0.4 is 9.64 Å². The first kappa shape index (κ1) is 22.7. The van der Waals surface area contributed by atoms with Gasteiger partial charge in [0.2, 0.25) is 5.91 Å². The number of nitrogens with zero attached hydrogens (tertiary/aromatic N) is 2. The van der Waals surface area contributed by atoms with Crippen LogP contribution in [0.5, 0.6) is 5.75 Å². The summed E-state index contributed by atoms with van der Waals surface area (Å²) in [6.07, 6.45) is -0.147. The Kier molecular flexibility index (Phi) is 6.55. The highest BCUT2D eigenvalue weighted by Crippen LogP contribution is 2.29. The number of anilines is 1. The number of carbonyl (C=O) groups excluding carboxylic acids is 3. The summed E-state index contributed by atoms with van der Waals surface area (Å²) in [5.74, 6) is -1.22. The third-order valence-electron chi connectivity index (χ3n) is 5.43. The maximum Gasteiger partial charge on any atom is 0.257 e. The maximum atomic E-state index is 13.5. The predicted octanol–water partition coefficient (Wildman–Crippen LogP) is 4.57. The summed E-state index contributed by atoms with van der Waals surface area (Å²) < 4.78 is 19.4. The highest BCUT2D eigenvalue weighted by Gasteiger charge is 2.44. The van der Waals surface area contributed by atoms with Crippen LogP contribution >= 0.6 is 15.9 Å². The van der Waals surface area contributed by atoms with Crippen LogP contribution in [0.3, 0.4) is 0 Å². The zero-order valence-electron chi connectivity index (χ0n) is 17.7. The standard InChI is InChI=1S/C25H20BrFN2O4/c1-33-21-4-2-3-17(13-21)24(31)28(15-16-5-9-19(27)10-6-16)22-14-23(30)29(25(22)32)20-11-7-18(26)8-12-20/h2-13,22H,14-15H2,1H3. The average molecular weight is 511 g/mol. The van der Waals surface area contributed by atoms with Crippen molar-refractivity contribution in [1.29, 1.82) is 0 Å². The molecule has 3 aromatic rings. The second-order valence-corrected chi connectivity index (χ2v) is 8.47. The quantitative estimate of drug-likeness (QED) is 0.455. The lowest BCUT2D eigenvalue weighted by molar-refractivity contribution is -0.122. The molecule has 1 fully saturated rings. The van der Waals surface area contributed by atoms with Gasteiger partial charge in [-0.15, -0.1) is 0 Å². The Labute approximate surface area is 198 Å². The Morgan fingerprint density at radius 3 is 2.45 bits per heavy atom. The van der Waals surface area contributed by atoms with Gasteiger partial charge in [0.05, 0.1) is 19.2 Å². The van der Waals surface area contributed by atoms with Crippen molar-refractivity contribution in [2.24, 2.45) is 0 Å². The lowest BCUT2D eigenvalue weighted by Crippen LogP contribution is -2.45. The Hall–Kier alpha value is -3.52. The van der Waals surface area contributed by atoms with Crippen LogP contribution in [0.15, 0.2) is 77.3 Å². The van der Waals surface area contributed by atoms with Gasteiger partial charge >= 0.3 is 0 Å². The monoisotopic (exact) mass is 510 g/mol. The van der Waals surface area contributed by atoms with E-state index in [0.717, 1.165) is 9.37 Å². The highest BCUT2D eigenvalue weighted by atomic mass is 79.9. The van der Waals surface area contributed by atoms with E-state index in [9.17, 15) is 18.8 Å². The summed E-state index contributed by atoms with van der Waals surface area (Å²) in [6.45, 7) is 0.0359. The number of benzene rings is 3. The molecule has 1 saturated heterocycles. The number of methoxy groups -OCH3 is 1. The molecule has 0 aromatic heterocycles. The van der Waals surface area contributed by atoms with Crippen LogP contribution in [0.2, 0.25) is 0 Å². The summed E-state index contributed by atoms with van der Waals surface area (Å²) in [7, 11) is 1.50. The van der Waals surface area contributed by atoms with E-state index in [2.05, 4.69) is 15.9 Å². The van der Waals surface area contributed by atoms with Crippen molar-refractivity contribution in [3.05, 3.63) is 94.2 Å². The van der Waals surface area contributed by atoms with Gasteiger partial charge < -0.3 is 9.64 Å². The Balaban J connectivity index is 1.69. The van der Waals surface area contributed by atoms with Crippen molar-refractivity contribution < 1.29 is 23.5 Å². The summed E-state index contributed by atoms with van der Waals surface area (Å²) >= 11 is 3.34. The van der Waals surface area contributed by atoms with E-state index in [1.165, 1.54) is 24.1 Å². The third-order valence-corrected chi connectivity index (χ3v) is 5.96. The second kappa shape index (κ2) is 9.54. The van der Waals surface area contributed by atoms with Crippen molar-refractivity contribution in [3.63, 3.8) is 0 Å². The summed E-state index contributed by atoms with van der Waals surface area (Å²) in [4.78, 5) is 42.2. The molecule has 3 amide bonds. The molecule has 0 bridgehead atoms. The molecule has 168 valence electrons. The van der Waals surface area contributed by atoms with Gasteiger partial charge in [0.1, 0.15) is 17.6 Å². The molecule has 6 nitrogen and oxygen atoms in total. The van der Waals surface area contributed by atoms with Gasteiger partial charge in [-0.25, -0.2) is 9.29 Å². The molecule has 3 aromatic carbocycles. The molecule has 8 heteroatoms. The van der Waals surface area contributed by atoms with E-state index in [4.69, 9.17) is 4.74 Å². The smallest absolute Gasteiger partial charge is 0.257 e. The minimum atomic E-state index is -0.995. The van der Waals surface area contributed by atoms with Gasteiger partial charge in [0, 0.05) is 16.6 Å². The largest absolute Gasteiger partial charge is 0.497 e. The number of imide groups is 1. The normalized spacial score (nSPS) is 15.6. The van der Waals surface area contributed by atoms with Gasteiger partial charge in [-0.05, 0) is 60.2 Å². The SMILES string of the molecule is COc1cccc(C(=O)N(Cc2ccc(F)cc2)C2CC(=O)N(c3ccc(Br)cc3)C2=O)c1. The second-order valence-electron chi connectivity index (χ2n) is 7.56. The molecule has 1 aliphatic rings. The molecule has 33 heavy (non-hydrogen) atoms. The van der Waals surface area contributed by atoms with E-state index < -0.39 is 29.6 Å². The molecule has 1 aliphatic heterocycles. The zero-order valence-corrected chi connectivity index (χ0v) is 19.3. The molecule has 0 spiro atoms. The van der Waals surface area contributed by atoms with Crippen molar-refractivity contribution in [3.8, 4) is 5.75 Å². The van der Waals surface area contributed by atoms with Crippen LogP contribution in [0.1, 0.15) is 22.3 Å². The number of hydrogen-bond acceptors (Lipinski definition) is 4. The van der Waals surface area contributed by atoms with Crippen molar-refractivity contribution in [2.75, 3.05) is 12.0 Å². The Morgan fingerprint density at radius 2 is 1.79 bits per heavy atom. The molecule has 0 N–H and O–H groups in total.